The predicted molar refractivity (Wildman–Crippen MR) is 83.3 cm³/mol. The lowest BCUT2D eigenvalue weighted by atomic mass is 10.1. The lowest BCUT2D eigenvalue weighted by Gasteiger charge is -2.11. The van der Waals surface area contributed by atoms with Crippen molar-refractivity contribution >= 4 is 23.2 Å². The van der Waals surface area contributed by atoms with Crippen LogP contribution in [0, 0.1) is 6.92 Å². The number of anilines is 2. The fourth-order valence-corrected chi connectivity index (χ4v) is 1.97. The molecule has 2 aromatic rings. The predicted octanol–water partition coefficient (Wildman–Crippen LogP) is 2.14. The Labute approximate surface area is 123 Å². The van der Waals surface area contributed by atoms with Crippen molar-refractivity contribution in [2.45, 2.75) is 6.92 Å². The van der Waals surface area contributed by atoms with Gasteiger partial charge in [-0.2, -0.15) is 0 Å². The van der Waals surface area contributed by atoms with E-state index in [2.05, 4.69) is 10.6 Å². The summed E-state index contributed by atoms with van der Waals surface area (Å²) in [6, 6.07) is 14.5. The number of carbonyl (C=O) groups excluding carboxylic acids is 2. The number of carbonyl (C=O) groups is 2. The molecular formula is C16H17N3O2. The Balaban J connectivity index is 2.00. The van der Waals surface area contributed by atoms with Crippen LogP contribution in [0.1, 0.15) is 15.9 Å². The molecule has 0 radical (unpaired) electrons. The maximum Gasteiger partial charge on any atom is 0.249 e. The van der Waals surface area contributed by atoms with Gasteiger partial charge in [-0.3, -0.25) is 9.59 Å². The zero-order chi connectivity index (χ0) is 15.2. The van der Waals surface area contributed by atoms with Crippen molar-refractivity contribution in [3.63, 3.8) is 0 Å². The molecule has 0 saturated heterocycles. The maximum absolute atomic E-state index is 11.9. The van der Waals surface area contributed by atoms with E-state index in [0.717, 1.165) is 5.69 Å². The molecule has 5 nitrogen and oxygen atoms in total. The number of nitrogens with one attached hydrogen (secondary N) is 2. The highest BCUT2D eigenvalue weighted by molar-refractivity contribution is 5.99. The highest BCUT2D eigenvalue weighted by atomic mass is 16.2. The SMILES string of the molecule is Cc1c(NC(=O)CNc2ccccc2)cccc1C(N)=O. The van der Waals surface area contributed by atoms with E-state index < -0.39 is 5.91 Å². The van der Waals surface area contributed by atoms with Gasteiger partial charge < -0.3 is 16.4 Å². The van der Waals surface area contributed by atoms with Crippen LogP contribution < -0.4 is 16.4 Å². The molecule has 0 aliphatic carbocycles. The topological polar surface area (TPSA) is 84.2 Å². The first-order valence-electron chi connectivity index (χ1n) is 6.56. The van der Waals surface area contributed by atoms with Crippen LogP contribution in [0.2, 0.25) is 0 Å². The summed E-state index contributed by atoms with van der Waals surface area (Å²) in [5.74, 6) is -0.699. The number of benzene rings is 2. The third-order valence-corrected chi connectivity index (χ3v) is 3.10. The first-order valence-corrected chi connectivity index (χ1v) is 6.56. The molecular weight excluding hydrogens is 266 g/mol. The van der Waals surface area contributed by atoms with Gasteiger partial charge in [-0.15, -0.1) is 0 Å². The van der Waals surface area contributed by atoms with Gasteiger partial charge in [0, 0.05) is 16.9 Å². The van der Waals surface area contributed by atoms with Gasteiger partial charge in [0.05, 0.1) is 6.54 Å². The van der Waals surface area contributed by atoms with Crippen LogP contribution in [0.4, 0.5) is 11.4 Å². The average Bonchev–Trinajstić information content (AvgIpc) is 2.48. The van der Waals surface area contributed by atoms with Crippen LogP contribution in [0.5, 0.6) is 0 Å². The molecule has 21 heavy (non-hydrogen) atoms. The molecule has 0 atom stereocenters. The Morgan fingerprint density at radius 1 is 1.05 bits per heavy atom. The quantitative estimate of drug-likeness (QED) is 0.786. The van der Waals surface area contributed by atoms with Crippen molar-refractivity contribution in [3.05, 3.63) is 59.7 Å². The maximum atomic E-state index is 11.9. The minimum absolute atomic E-state index is 0.143. The summed E-state index contributed by atoms with van der Waals surface area (Å²) in [4.78, 5) is 23.2. The summed E-state index contributed by atoms with van der Waals surface area (Å²) >= 11 is 0. The Bertz CT molecular complexity index is 654. The first kappa shape index (κ1) is 14.6. The minimum atomic E-state index is -0.508. The Kier molecular flexibility index (Phi) is 4.56. The second kappa shape index (κ2) is 6.56. The van der Waals surface area contributed by atoms with Crippen LogP contribution in [0.25, 0.3) is 0 Å². The van der Waals surface area contributed by atoms with Crippen molar-refractivity contribution in [1.29, 1.82) is 0 Å². The molecule has 0 fully saturated rings. The van der Waals surface area contributed by atoms with Crippen LogP contribution in [0.15, 0.2) is 48.5 Å². The molecule has 0 spiro atoms. The third kappa shape index (κ3) is 3.82. The van der Waals surface area contributed by atoms with Crippen LogP contribution in [0.3, 0.4) is 0 Å². The molecule has 2 aromatic carbocycles. The summed E-state index contributed by atoms with van der Waals surface area (Å²) < 4.78 is 0. The second-order valence-electron chi connectivity index (χ2n) is 4.61. The van der Waals surface area contributed by atoms with E-state index >= 15 is 0 Å². The molecule has 5 heteroatoms. The Hall–Kier alpha value is -2.82. The average molecular weight is 283 g/mol. The lowest BCUT2D eigenvalue weighted by molar-refractivity contribution is -0.114. The molecule has 0 heterocycles. The van der Waals surface area contributed by atoms with Crippen LogP contribution in [-0.4, -0.2) is 18.4 Å². The molecule has 0 saturated carbocycles. The lowest BCUT2D eigenvalue weighted by Crippen LogP contribution is -2.23. The standard InChI is InChI=1S/C16H17N3O2/c1-11-13(16(17)21)8-5-9-14(11)19-15(20)10-18-12-6-3-2-4-7-12/h2-9,18H,10H2,1H3,(H2,17,21)(H,19,20). The highest BCUT2D eigenvalue weighted by Gasteiger charge is 2.10. The van der Waals surface area contributed by atoms with Crippen LogP contribution >= 0.6 is 0 Å². The highest BCUT2D eigenvalue weighted by Crippen LogP contribution is 2.18. The number of hydrogen-bond donors (Lipinski definition) is 3. The van der Waals surface area contributed by atoms with E-state index in [1.165, 1.54) is 0 Å². The largest absolute Gasteiger partial charge is 0.376 e. The smallest absolute Gasteiger partial charge is 0.249 e. The van der Waals surface area contributed by atoms with Crippen molar-refractivity contribution in [3.8, 4) is 0 Å². The number of para-hydroxylation sites is 1. The van der Waals surface area contributed by atoms with Gasteiger partial charge in [0.1, 0.15) is 0 Å². The molecule has 108 valence electrons. The van der Waals surface area contributed by atoms with E-state index in [0.29, 0.717) is 16.8 Å². The fraction of sp³-hybridized carbons (Fsp3) is 0.125. The van der Waals surface area contributed by atoms with E-state index in [4.69, 9.17) is 5.73 Å². The van der Waals surface area contributed by atoms with E-state index in [-0.39, 0.29) is 12.5 Å². The summed E-state index contributed by atoms with van der Waals surface area (Å²) in [7, 11) is 0. The monoisotopic (exact) mass is 283 g/mol. The van der Waals surface area contributed by atoms with Crippen LogP contribution in [-0.2, 0) is 4.79 Å². The normalized spacial score (nSPS) is 9.95. The third-order valence-electron chi connectivity index (χ3n) is 3.10. The number of primary amides is 1. The molecule has 0 aliphatic rings. The number of nitrogens with two attached hydrogens (primary N) is 1. The molecule has 4 N–H and O–H groups in total. The summed E-state index contributed by atoms with van der Waals surface area (Å²) in [6.07, 6.45) is 0. The summed E-state index contributed by atoms with van der Waals surface area (Å²) in [6.45, 7) is 1.89. The molecule has 2 rings (SSSR count). The van der Waals surface area contributed by atoms with E-state index in [1.807, 2.05) is 30.3 Å². The Morgan fingerprint density at radius 3 is 2.43 bits per heavy atom. The van der Waals surface area contributed by atoms with Gasteiger partial charge in [-0.05, 0) is 36.8 Å². The number of rotatable bonds is 5. The minimum Gasteiger partial charge on any atom is -0.376 e. The van der Waals surface area contributed by atoms with Gasteiger partial charge in [0.2, 0.25) is 11.8 Å². The van der Waals surface area contributed by atoms with Gasteiger partial charge in [0.25, 0.3) is 0 Å². The summed E-state index contributed by atoms with van der Waals surface area (Å²) in [5, 5.41) is 5.78. The van der Waals surface area contributed by atoms with Crippen molar-refractivity contribution in [1.82, 2.24) is 0 Å². The van der Waals surface area contributed by atoms with E-state index in [1.54, 1.807) is 25.1 Å². The second-order valence-corrected chi connectivity index (χ2v) is 4.61. The molecule has 0 bridgehead atoms. The van der Waals surface area contributed by atoms with Gasteiger partial charge in [0.15, 0.2) is 0 Å². The van der Waals surface area contributed by atoms with Crippen molar-refractivity contribution < 1.29 is 9.59 Å². The molecule has 2 amide bonds. The number of amides is 2. The van der Waals surface area contributed by atoms with Crippen molar-refractivity contribution in [2.24, 2.45) is 5.73 Å². The number of hydrogen-bond acceptors (Lipinski definition) is 3. The zero-order valence-electron chi connectivity index (χ0n) is 11.7. The molecule has 0 unspecified atom stereocenters. The molecule has 0 aliphatic heterocycles. The van der Waals surface area contributed by atoms with Gasteiger partial charge >= 0.3 is 0 Å². The Morgan fingerprint density at radius 2 is 1.76 bits per heavy atom. The molecule has 0 aromatic heterocycles. The van der Waals surface area contributed by atoms with Gasteiger partial charge in [-0.25, -0.2) is 0 Å². The fourth-order valence-electron chi connectivity index (χ4n) is 1.97. The van der Waals surface area contributed by atoms with Crippen molar-refractivity contribution in [2.75, 3.05) is 17.2 Å². The van der Waals surface area contributed by atoms with E-state index in [9.17, 15) is 9.59 Å². The summed E-state index contributed by atoms with van der Waals surface area (Å²) in [5.41, 5.74) is 7.82. The van der Waals surface area contributed by atoms with Gasteiger partial charge in [-0.1, -0.05) is 24.3 Å². The first-order chi connectivity index (χ1) is 10.1. The zero-order valence-corrected chi connectivity index (χ0v) is 11.7.